The number of nitrogens with zero attached hydrogens (tertiary/aromatic N) is 4. The number of hydrogen-bond donors (Lipinski definition) is 0. The van der Waals surface area contributed by atoms with Gasteiger partial charge in [0.1, 0.15) is 0 Å². The predicted molar refractivity (Wildman–Crippen MR) is 92.2 cm³/mol. The Kier molecular flexibility index (Phi) is 4.61. The highest BCUT2D eigenvalue weighted by molar-refractivity contribution is 7.17. The minimum Gasteiger partial charge on any atom is -0.368 e. The van der Waals surface area contributed by atoms with Crippen molar-refractivity contribution in [2.24, 2.45) is 0 Å². The smallest absolute Gasteiger partial charge is 0.324 e. The van der Waals surface area contributed by atoms with E-state index in [1.807, 2.05) is 4.90 Å². The van der Waals surface area contributed by atoms with Crippen molar-refractivity contribution in [2.45, 2.75) is 0 Å². The van der Waals surface area contributed by atoms with E-state index in [0.717, 1.165) is 17.0 Å². The maximum atomic E-state index is 12.4. The number of thiophene rings is 1. The van der Waals surface area contributed by atoms with E-state index < -0.39 is 9.85 Å². The molecule has 0 radical (unpaired) electrons. The molecule has 0 saturated carbocycles. The maximum Gasteiger partial charge on any atom is 0.324 e. The van der Waals surface area contributed by atoms with Crippen molar-refractivity contribution in [3.8, 4) is 0 Å². The molecule has 0 aliphatic carbocycles. The second-order valence-electron chi connectivity index (χ2n) is 5.45. The highest BCUT2D eigenvalue weighted by Gasteiger charge is 2.25. The molecule has 1 fully saturated rings. The second-order valence-corrected chi connectivity index (χ2v) is 6.51. The third-order valence-corrected chi connectivity index (χ3v) is 5.00. The average Bonchev–Trinajstić information content (AvgIpc) is 3.12. The second kappa shape index (κ2) is 6.85. The zero-order valence-corrected chi connectivity index (χ0v) is 13.8. The van der Waals surface area contributed by atoms with Gasteiger partial charge in [-0.2, -0.15) is 0 Å². The standard InChI is InChI=1S/C15H14N4O5S/c20-15(13-5-6-14(25-13)19(23)24)17-9-7-16(8-10-17)11-1-3-12(4-2-11)18(21)22/h1-6H,7-10H2. The van der Waals surface area contributed by atoms with Crippen LogP contribution in [0.3, 0.4) is 0 Å². The monoisotopic (exact) mass is 362 g/mol. The Morgan fingerprint density at radius 3 is 2.08 bits per heavy atom. The Morgan fingerprint density at radius 2 is 1.56 bits per heavy atom. The van der Waals surface area contributed by atoms with Crippen LogP contribution in [-0.4, -0.2) is 46.8 Å². The molecule has 0 atom stereocenters. The number of carbonyl (C=O) groups excluding carboxylic acids is 1. The summed E-state index contributed by atoms with van der Waals surface area (Å²) in [6, 6.07) is 9.12. The first-order chi connectivity index (χ1) is 12.0. The molecule has 10 heteroatoms. The van der Waals surface area contributed by atoms with E-state index in [1.165, 1.54) is 24.3 Å². The van der Waals surface area contributed by atoms with Gasteiger partial charge in [-0.15, -0.1) is 0 Å². The molecule has 1 aromatic heterocycles. The first kappa shape index (κ1) is 16.8. The topological polar surface area (TPSA) is 110 Å². The maximum absolute atomic E-state index is 12.4. The van der Waals surface area contributed by atoms with Crippen molar-refractivity contribution in [3.05, 3.63) is 61.5 Å². The zero-order valence-electron chi connectivity index (χ0n) is 13.0. The number of non-ortho nitro benzene ring substituents is 1. The van der Waals surface area contributed by atoms with Crippen LogP contribution in [0.1, 0.15) is 9.67 Å². The molecule has 3 rings (SSSR count). The lowest BCUT2D eigenvalue weighted by atomic mass is 10.2. The first-order valence-electron chi connectivity index (χ1n) is 7.48. The summed E-state index contributed by atoms with van der Waals surface area (Å²) >= 11 is 0.876. The molecule has 1 aliphatic rings. The Morgan fingerprint density at radius 1 is 0.920 bits per heavy atom. The summed E-state index contributed by atoms with van der Waals surface area (Å²) in [4.78, 5) is 36.9. The van der Waals surface area contributed by atoms with Crippen molar-refractivity contribution in [1.29, 1.82) is 0 Å². The SMILES string of the molecule is O=C(c1ccc([N+](=O)[O-])s1)N1CCN(c2ccc([N+](=O)[O-])cc2)CC1. The molecular formula is C15H14N4O5S. The van der Waals surface area contributed by atoms with Crippen LogP contribution in [0.2, 0.25) is 0 Å². The number of hydrogen-bond acceptors (Lipinski definition) is 7. The van der Waals surface area contributed by atoms with Crippen LogP contribution in [0.5, 0.6) is 0 Å². The Bertz CT molecular complexity index is 812. The molecule has 1 aromatic carbocycles. The van der Waals surface area contributed by atoms with Crippen LogP contribution in [0.25, 0.3) is 0 Å². The van der Waals surface area contributed by atoms with Crippen LogP contribution in [0.15, 0.2) is 36.4 Å². The highest BCUT2D eigenvalue weighted by atomic mass is 32.1. The van der Waals surface area contributed by atoms with Gasteiger partial charge < -0.3 is 9.80 Å². The lowest BCUT2D eigenvalue weighted by Gasteiger charge is -2.35. The predicted octanol–water partition coefficient (Wildman–Crippen LogP) is 2.53. The largest absolute Gasteiger partial charge is 0.368 e. The van der Waals surface area contributed by atoms with E-state index >= 15 is 0 Å². The lowest BCUT2D eigenvalue weighted by molar-refractivity contribution is -0.384. The highest BCUT2D eigenvalue weighted by Crippen LogP contribution is 2.26. The number of benzene rings is 1. The fourth-order valence-corrected chi connectivity index (χ4v) is 3.44. The number of nitro benzene ring substituents is 1. The molecule has 130 valence electrons. The van der Waals surface area contributed by atoms with E-state index in [2.05, 4.69) is 0 Å². The third-order valence-electron chi connectivity index (χ3n) is 3.98. The van der Waals surface area contributed by atoms with Gasteiger partial charge >= 0.3 is 5.00 Å². The van der Waals surface area contributed by atoms with Gasteiger partial charge in [0.2, 0.25) is 0 Å². The molecular weight excluding hydrogens is 348 g/mol. The minimum absolute atomic E-state index is 0.0388. The molecule has 25 heavy (non-hydrogen) atoms. The van der Waals surface area contributed by atoms with Crippen molar-refractivity contribution >= 4 is 33.6 Å². The normalized spacial score (nSPS) is 14.4. The Balaban J connectivity index is 1.61. The number of rotatable bonds is 4. The molecule has 9 nitrogen and oxygen atoms in total. The van der Waals surface area contributed by atoms with Gasteiger partial charge in [0.15, 0.2) is 0 Å². The molecule has 2 heterocycles. The van der Waals surface area contributed by atoms with Gasteiger partial charge in [0, 0.05) is 50.1 Å². The molecule has 1 amide bonds. The van der Waals surface area contributed by atoms with Crippen LogP contribution in [-0.2, 0) is 0 Å². The molecule has 0 N–H and O–H groups in total. The fraction of sp³-hybridized carbons (Fsp3) is 0.267. The summed E-state index contributed by atoms with van der Waals surface area (Å²) in [6.45, 7) is 2.16. The fourth-order valence-electron chi connectivity index (χ4n) is 2.65. The summed E-state index contributed by atoms with van der Waals surface area (Å²) in [5, 5.41) is 21.4. The minimum atomic E-state index is -0.506. The van der Waals surface area contributed by atoms with E-state index in [9.17, 15) is 25.0 Å². The van der Waals surface area contributed by atoms with Crippen LogP contribution >= 0.6 is 11.3 Å². The molecule has 0 bridgehead atoms. The molecule has 2 aromatic rings. The summed E-state index contributed by atoms with van der Waals surface area (Å²) < 4.78 is 0. The summed E-state index contributed by atoms with van der Waals surface area (Å²) in [5.74, 6) is -0.207. The van der Waals surface area contributed by atoms with Crippen molar-refractivity contribution in [2.75, 3.05) is 31.1 Å². The van der Waals surface area contributed by atoms with Crippen LogP contribution in [0.4, 0.5) is 16.4 Å². The van der Waals surface area contributed by atoms with E-state index in [1.54, 1.807) is 17.0 Å². The number of piperazine rings is 1. The summed E-state index contributed by atoms with van der Waals surface area (Å²) in [5.41, 5.74) is 0.904. The molecule has 0 spiro atoms. The van der Waals surface area contributed by atoms with Crippen molar-refractivity contribution < 1.29 is 14.6 Å². The first-order valence-corrected chi connectivity index (χ1v) is 8.30. The van der Waals surface area contributed by atoms with Gasteiger partial charge in [-0.05, 0) is 18.2 Å². The van der Waals surface area contributed by atoms with Crippen LogP contribution < -0.4 is 4.90 Å². The van der Waals surface area contributed by atoms with Crippen molar-refractivity contribution in [3.63, 3.8) is 0 Å². The number of carbonyl (C=O) groups is 1. The van der Waals surface area contributed by atoms with Gasteiger partial charge in [0.25, 0.3) is 11.6 Å². The summed E-state index contributed by atoms with van der Waals surface area (Å²) in [7, 11) is 0. The van der Waals surface area contributed by atoms with E-state index in [4.69, 9.17) is 0 Å². The molecule has 0 unspecified atom stereocenters. The lowest BCUT2D eigenvalue weighted by Crippen LogP contribution is -2.48. The zero-order chi connectivity index (χ0) is 18.0. The number of amides is 1. The van der Waals surface area contributed by atoms with E-state index in [-0.39, 0.29) is 16.6 Å². The third kappa shape index (κ3) is 3.58. The number of nitro groups is 2. The van der Waals surface area contributed by atoms with Gasteiger partial charge in [-0.25, -0.2) is 0 Å². The quantitative estimate of drug-likeness (QED) is 0.610. The Hall–Kier alpha value is -3.01. The average molecular weight is 362 g/mol. The van der Waals surface area contributed by atoms with Crippen molar-refractivity contribution in [1.82, 2.24) is 4.90 Å². The molecule has 1 saturated heterocycles. The van der Waals surface area contributed by atoms with E-state index in [0.29, 0.717) is 31.1 Å². The van der Waals surface area contributed by atoms with Gasteiger partial charge in [-0.3, -0.25) is 25.0 Å². The van der Waals surface area contributed by atoms with Gasteiger partial charge in [0.05, 0.1) is 14.7 Å². The van der Waals surface area contributed by atoms with Crippen LogP contribution in [0, 0.1) is 20.2 Å². The summed E-state index contributed by atoms with van der Waals surface area (Å²) in [6.07, 6.45) is 0. The van der Waals surface area contributed by atoms with Gasteiger partial charge in [-0.1, -0.05) is 11.3 Å². The Labute approximate surface area is 146 Å². The molecule has 1 aliphatic heterocycles. The number of anilines is 1.